The molecule has 2 heterocycles. The Kier molecular flexibility index (Phi) is 6.94. The van der Waals surface area contributed by atoms with Gasteiger partial charge in [0.25, 0.3) is 5.91 Å². The molecule has 2 aliphatic heterocycles. The summed E-state index contributed by atoms with van der Waals surface area (Å²) in [5, 5.41) is 12.1. The molecule has 3 rings (SSSR count). The molecular weight excluding hydrogens is 444 g/mol. The molecule has 0 radical (unpaired) electrons. The van der Waals surface area contributed by atoms with Crippen molar-refractivity contribution in [3.05, 3.63) is 24.3 Å². The van der Waals surface area contributed by atoms with Crippen LogP contribution in [0.3, 0.4) is 0 Å². The molecule has 2 N–H and O–H groups in total. The fraction of sp³-hybridized carbons (Fsp3) is 0.625. The summed E-state index contributed by atoms with van der Waals surface area (Å²) in [6, 6.07) is 5.44. The van der Waals surface area contributed by atoms with Crippen molar-refractivity contribution in [2.45, 2.75) is 75.8 Å². The van der Waals surface area contributed by atoms with E-state index >= 15 is 0 Å². The topological polar surface area (TPSA) is 105 Å². The van der Waals surface area contributed by atoms with E-state index in [9.17, 15) is 19.5 Å². The second kappa shape index (κ2) is 9.08. The van der Waals surface area contributed by atoms with Crippen LogP contribution in [0.4, 0.5) is 0 Å². The summed E-state index contributed by atoms with van der Waals surface area (Å²) in [7, 11) is 1.54. The van der Waals surface area contributed by atoms with Crippen molar-refractivity contribution < 1.29 is 29.0 Å². The molecule has 2 fully saturated rings. The highest BCUT2D eigenvalue weighted by molar-refractivity contribution is 8.01. The van der Waals surface area contributed by atoms with Crippen LogP contribution in [0.2, 0.25) is 0 Å². The van der Waals surface area contributed by atoms with Gasteiger partial charge in [0.1, 0.15) is 17.5 Å². The first-order valence-electron chi connectivity index (χ1n) is 11.2. The number of carbonyl (C=O) groups is 3. The van der Waals surface area contributed by atoms with Gasteiger partial charge in [-0.3, -0.25) is 9.59 Å². The summed E-state index contributed by atoms with van der Waals surface area (Å²) >= 11 is 1.40. The van der Waals surface area contributed by atoms with Gasteiger partial charge >= 0.3 is 5.97 Å². The Balaban J connectivity index is 1.90. The van der Waals surface area contributed by atoms with Gasteiger partial charge in [-0.15, -0.1) is 11.8 Å². The number of β-lactam (4-membered cyclic amide) rings is 1. The molecule has 0 aromatic heterocycles. The van der Waals surface area contributed by atoms with E-state index in [0.717, 1.165) is 0 Å². The molecule has 1 unspecified atom stereocenters. The summed E-state index contributed by atoms with van der Waals surface area (Å²) in [5.74, 6) is -0.904. The number of amides is 2. The van der Waals surface area contributed by atoms with Crippen molar-refractivity contribution >= 4 is 29.5 Å². The molecule has 182 valence electrons. The summed E-state index contributed by atoms with van der Waals surface area (Å²) < 4.78 is 11.2. The molecule has 9 heteroatoms. The van der Waals surface area contributed by atoms with E-state index in [-0.39, 0.29) is 23.7 Å². The summed E-state index contributed by atoms with van der Waals surface area (Å²) in [6.07, 6.45) is 0.431. The van der Waals surface area contributed by atoms with Crippen molar-refractivity contribution in [1.82, 2.24) is 10.2 Å². The molecule has 4 atom stereocenters. The van der Waals surface area contributed by atoms with Gasteiger partial charge in [0.05, 0.1) is 7.11 Å². The quantitative estimate of drug-likeness (QED) is 0.525. The van der Waals surface area contributed by atoms with Gasteiger partial charge in [0.2, 0.25) is 5.91 Å². The highest BCUT2D eigenvalue weighted by Crippen LogP contribution is 2.51. The molecule has 0 aliphatic carbocycles. The molecule has 2 saturated heterocycles. The number of carboxylic acids is 1. The number of para-hydroxylation sites is 2. The maximum Gasteiger partial charge on any atom is 0.327 e. The van der Waals surface area contributed by atoms with Gasteiger partial charge in [0.15, 0.2) is 17.1 Å². The molecule has 1 aromatic carbocycles. The van der Waals surface area contributed by atoms with Crippen molar-refractivity contribution in [3.63, 3.8) is 0 Å². The molecule has 0 bridgehead atoms. The largest absolute Gasteiger partial charge is 0.493 e. The number of hydrogen-bond acceptors (Lipinski definition) is 6. The molecular formula is C24H34N2O6S. The van der Waals surface area contributed by atoms with Gasteiger partial charge in [-0.25, -0.2) is 4.79 Å². The average Bonchev–Trinajstić information content (AvgIpc) is 2.99. The fourth-order valence-corrected chi connectivity index (χ4v) is 6.34. The Morgan fingerprint density at radius 3 is 2.33 bits per heavy atom. The maximum absolute atomic E-state index is 13.8. The molecule has 33 heavy (non-hydrogen) atoms. The van der Waals surface area contributed by atoms with Crippen LogP contribution >= 0.6 is 11.8 Å². The third kappa shape index (κ3) is 4.39. The highest BCUT2D eigenvalue weighted by atomic mass is 32.2. The van der Waals surface area contributed by atoms with Crippen LogP contribution in [0.5, 0.6) is 11.5 Å². The maximum atomic E-state index is 13.8. The van der Waals surface area contributed by atoms with Crippen LogP contribution in [0.15, 0.2) is 24.3 Å². The Hall–Kier alpha value is -2.42. The number of ether oxygens (including phenoxy) is 2. The standard InChI is InChI=1S/C24H34N2O6S/c1-13(2)12-24(14(3)4,32-16-11-9-8-10-15(16)31-7)22(30)25-17-19(27)26-18(21(28)29)23(5,6)33-20(17)26/h8-11,13-14,17-18,20H,12H2,1-7H3,(H,25,30)(H,28,29)/t17-,18+,20-,24?/m1/s1. The van der Waals surface area contributed by atoms with Gasteiger partial charge in [-0.05, 0) is 38.3 Å². The van der Waals surface area contributed by atoms with Crippen LogP contribution in [0.25, 0.3) is 0 Å². The van der Waals surface area contributed by atoms with E-state index in [1.54, 1.807) is 19.2 Å². The van der Waals surface area contributed by atoms with Gasteiger partial charge < -0.3 is 24.8 Å². The van der Waals surface area contributed by atoms with E-state index in [1.807, 2.05) is 53.7 Å². The number of fused-ring (bicyclic) bond motifs is 1. The lowest BCUT2D eigenvalue weighted by molar-refractivity contribution is -0.163. The molecule has 0 spiro atoms. The smallest absolute Gasteiger partial charge is 0.327 e. The number of hydrogen-bond donors (Lipinski definition) is 2. The Bertz CT molecular complexity index is 933. The van der Waals surface area contributed by atoms with E-state index in [4.69, 9.17) is 9.47 Å². The average molecular weight is 479 g/mol. The number of nitrogens with zero attached hydrogens (tertiary/aromatic N) is 1. The molecule has 8 nitrogen and oxygen atoms in total. The van der Waals surface area contributed by atoms with E-state index < -0.39 is 33.8 Å². The molecule has 2 aliphatic rings. The minimum absolute atomic E-state index is 0.137. The summed E-state index contributed by atoms with van der Waals surface area (Å²) in [5.41, 5.74) is -1.24. The Morgan fingerprint density at radius 2 is 1.82 bits per heavy atom. The van der Waals surface area contributed by atoms with Crippen molar-refractivity contribution in [2.24, 2.45) is 11.8 Å². The third-order valence-corrected chi connectivity index (χ3v) is 7.92. The zero-order valence-electron chi connectivity index (χ0n) is 20.2. The molecule has 2 amide bonds. The van der Waals surface area contributed by atoms with E-state index in [1.165, 1.54) is 16.7 Å². The SMILES string of the molecule is COc1ccccc1OC(CC(C)C)(C(=O)N[C@@H]1C(=O)N2[C@@H]1SC(C)(C)[C@@H]2C(=O)O)C(C)C. The van der Waals surface area contributed by atoms with E-state index in [2.05, 4.69) is 5.32 Å². The summed E-state index contributed by atoms with van der Waals surface area (Å²) in [6.45, 7) is 11.5. The van der Waals surface area contributed by atoms with Crippen molar-refractivity contribution in [3.8, 4) is 11.5 Å². The van der Waals surface area contributed by atoms with Crippen LogP contribution in [0.1, 0.15) is 48.0 Å². The predicted octanol–water partition coefficient (Wildman–Crippen LogP) is 3.15. The number of benzene rings is 1. The number of nitrogens with one attached hydrogen (secondary N) is 1. The fourth-order valence-electron chi connectivity index (χ4n) is 4.71. The van der Waals surface area contributed by atoms with Crippen molar-refractivity contribution in [1.29, 1.82) is 0 Å². The third-order valence-electron chi connectivity index (χ3n) is 6.35. The lowest BCUT2D eigenvalue weighted by atomic mass is 9.81. The second-order valence-corrected chi connectivity index (χ2v) is 11.7. The number of aliphatic carboxylic acids is 1. The first kappa shape index (κ1) is 25.2. The first-order valence-corrected chi connectivity index (χ1v) is 12.1. The second-order valence-electron chi connectivity index (χ2n) is 9.94. The number of carboxylic acid groups (broad SMARTS) is 1. The highest BCUT2D eigenvalue weighted by Gasteiger charge is 2.65. The minimum Gasteiger partial charge on any atom is -0.493 e. The number of rotatable bonds is 9. The number of carbonyl (C=O) groups excluding carboxylic acids is 2. The Morgan fingerprint density at radius 1 is 1.21 bits per heavy atom. The van der Waals surface area contributed by atoms with Gasteiger partial charge in [-0.1, -0.05) is 39.8 Å². The van der Waals surface area contributed by atoms with Gasteiger partial charge in [-0.2, -0.15) is 0 Å². The van der Waals surface area contributed by atoms with Crippen LogP contribution in [-0.2, 0) is 14.4 Å². The van der Waals surface area contributed by atoms with Gasteiger partial charge in [0, 0.05) is 10.7 Å². The van der Waals surface area contributed by atoms with Crippen molar-refractivity contribution in [2.75, 3.05) is 7.11 Å². The Labute approximate surface area is 199 Å². The predicted molar refractivity (Wildman–Crippen MR) is 126 cm³/mol. The lowest BCUT2D eigenvalue weighted by Crippen LogP contribution is -2.72. The molecule has 0 saturated carbocycles. The molecule has 1 aromatic rings. The zero-order valence-corrected chi connectivity index (χ0v) is 21.1. The van der Waals surface area contributed by atoms with Crippen LogP contribution < -0.4 is 14.8 Å². The van der Waals surface area contributed by atoms with E-state index in [0.29, 0.717) is 17.9 Å². The zero-order chi connectivity index (χ0) is 24.7. The minimum atomic E-state index is -1.24. The summed E-state index contributed by atoms with van der Waals surface area (Å²) in [4.78, 5) is 39.9. The normalized spacial score (nSPS) is 25.3. The first-order chi connectivity index (χ1) is 15.4. The van der Waals surface area contributed by atoms with Crippen LogP contribution in [-0.4, -0.2) is 62.7 Å². The van der Waals surface area contributed by atoms with Crippen LogP contribution in [0, 0.1) is 11.8 Å². The monoisotopic (exact) mass is 478 g/mol. The lowest BCUT2D eigenvalue weighted by Gasteiger charge is -2.46. The number of methoxy groups -OCH3 is 1. The number of thioether (sulfide) groups is 1.